The Morgan fingerprint density at radius 2 is 2.00 bits per heavy atom. The number of nitrogens with one attached hydrogen (secondary N) is 1. The van der Waals surface area contributed by atoms with Crippen molar-refractivity contribution in [2.24, 2.45) is 5.92 Å². The van der Waals surface area contributed by atoms with Gasteiger partial charge in [-0.2, -0.15) is 0 Å². The summed E-state index contributed by atoms with van der Waals surface area (Å²) in [6, 6.07) is 2.78. The lowest BCUT2D eigenvalue weighted by Gasteiger charge is -2.09. The fourth-order valence-corrected chi connectivity index (χ4v) is 1.93. The Bertz CT molecular complexity index is 533. The van der Waals surface area contributed by atoms with E-state index in [0.717, 1.165) is 6.42 Å². The summed E-state index contributed by atoms with van der Waals surface area (Å²) in [6.07, 6.45) is 0.857. The fourth-order valence-electron chi connectivity index (χ4n) is 1.52. The molecule has 0 spiro atoms. The molecular formula is C14H18Cl2N2O3. The van der Waals surface area contributed by atoms with E-state index in [0.29, 0.717) is 12.5 Å². The molecule has 3 N–H and O–H groups in total. The summed E-state index contributed by atoms with van der Waals surface area (Å²) in [5, 5.41) is 2.87. The van der Waals surface area contributed by atoms with Crippen molar-refractivity contribution in [3.8, 4) is 0 Å². The smallest absolute Gasteiger partial charge is 0.340 e. The van der Waals surface area contributed by atoms with E-state index in [2.05, 4.69) is 19.2 Å². The molecule has 0 radical (unpaired) electrons. The van der Waals surface area contributed by atoms with Gasteiger partial charge >= 0.3 is 5.97 Å². The van der Waals surface area contributed by atoms with E-state index in [4.69, 9.17) is 33.7 Å². The first kappa shape index (κ1) is 17.6. The molecule has 0 aliphatic rings. The van der Waals surface area contributed by atoms with Crippen LogP contribution in [0.15, 0.2) is 12.1 Å². The maximum atomic E-state index is 11.9. The van der Waals surface area contributed by atoms with Gasteiger partial charge in [-0.15, -0.1) is 0 Å². The van der Waals surface area contributed by atoms with Gasteiger partial charge in [-0.25, -0.2) is 4.79 Å². The lowest BCUT2D eigenvalue weighted by Crippen LogP contribution is -2.30. The van der Waals surface area contributed by atoms with Crippen molar-refractivity contribution in [1.29, 1.82) is 0 Å². The number of carbonyl (C=O) groups is 2. The Balaban J connectivity index is 2.53. The zero-order valence-electron chi connectivity index (χ0n) is 11.9. The first-order valence-electron chi connectivity index (χ1n) is 6.49. The molecule has 0 saturated heterocycles. The summed E-state index contributed by atoms with van der Waals surface area (Å²) in [7, 11) is 0. The van der Waals surface area contributed by atoms with Crippen molar-refractivity contribution < 1.29 is 14.3 Å². The van der Waals surface area contributed by atoms with Crippen LogP contribution in [0.1, 0.15) is 30.6 Å². The monoisotopic (exact) mass is 332 g/mol. The summed E-state index contributed by atoms with van der Waals surface area (Å²) in [5.41, 5.74) is 5.91. The van der Waals surface area contributed by atoms with Gasteiger partial charge in [0.05, 0.1) is 15.6 Å². The third kappa shape index (κ3) is 5.81. The van der Waals surface area contributed by atoms with E-state index in [1.54, 1.807) is 0 Å². The summed E-state index contributed by atoms with van der Waals surface area (Å²) in [5.74, 6) is -0.621. The van der Waals surface area contributed by atoms with Gasteiger partial charge in [-0.1, -0.05) is 37.0 Å². The van der Waals surface area contributed by atoms with E-state index in [1.807, 2.05) is 0 Å². The summed E-state index contributed by atoms with van der Waals surface area (Å²) >= 11 is 11.7. The van der Waals surface area contributed by atoms with Gasteiger partial charge in [0, 0.05) is 12.2 Å². The Morgan fingerprint density at radius 3 is 2.62 bits per heavy atom. The predicted octanol–water partition coefficient (Wildman–Crippen LogP) is 2.89. The van der Waals surface area contributed by atoms with Crippen molar-refractivity contribution in [1.82, 2.24) is 5.32 Å². The van der Waals surface area contributed by atoms with Crippen LogP contribution in [0, 0.1) is 5.92 Å². The van der Waals surface area contributed by atoms with Gasteiger partial charge in [0.1, 0.15) is 0 Å². The molecule has 0 aromatic heterocycles. The number of nitrogen functional groups attached to an aromatic ring is 1. The molecule has 1 aromatic rings. The van der Waals surface area contributed by atoms with Crippen molar-refractivity contribution in [3.63, 3.8) is 0 Å². The number of ether oxygens (including phenoxy) is 1. The van der Waals surface area contributed by atoms with Crippen molar-refractivity contribution >= 4 is 40.8 Å². The number of esters is 1. The number of anilines is 1. The highest BCUT2D eigenvalue weighted by Crippen LogP contribution is 2.29. The van der Waals surface area contributed by atoms with Gasteiger partial charge in [0.2, 0.25) is 0 Å². The molecule has 21 heavy (non-hydrogen) atoms. The van der Waals surface area contributed by atoms with Crippen molar-refractivity contribution in [3.05, 3.63) is 27.7 Å². The SMILES string of the molecule is CC(C)CCNC(=O)COC(=O)c1cc(N)cc(Cl)c1Cl. The summed E-state index contributed by atoms with van der Waals surface area (Å²) in [4.78, 5) is 23.4. The maximum absolute atomic E-state index is 11.9. The molecule has 7 heteroatoms. The third-order valence-electron chi connectivity index (χ3n) is 2.65. The molecule has 0 atom stereocenters. The Morgan fingerprint density at radius 1 is 1.33 bits per heavy atom. The molecule has 1 amide bonds. The minimum Gasteiger partial charge on any atom is -0.452 e. The van der Waals surface area contributed by atoms with Crippen LogP contribution in [0.25, 0.3) is 0 Å². The number of hydrogen-bond donors (Lipinski definition) is 2. The molecule has 0 bridgehead atoms. The van der Waals surface area contributed by atoms with Crippen LogP contribution in [0.3, 0.4) is 0 Å². The number of halogens is 2. The number of benzene rings is 1. The number of carbonyl (C=O) groups excluding carboxylic acids is 2. The average Bonchev–Trinajstić information content (AvgIpc) is 2.39. The maximum Gasteiger partial charge on any atom is 0.340 e. The standard InChI is InChI=1S/C14H18Cl2N2O3/c1-8(2)3-4-18-12(19)7-21-14(20)10-5-9(17)6-11(15)13(10)16/h5-6,8H,3-4,7,17H2,1-2H3,(H,18,19). The molecule has 1 rings (SSSR count). The fraction of sp³-hybridized carbons (Fsp3) is 0.429. The zero-order valence-corrected chi connectivity index (χ0v) is 13.4. The van der Waals surface area contributed by atoms with Crippen LogP contribution in [0.2, 0.25) is 10.0 Å². The number of rotatable bonds is 6. The van der Waals surface area contributed by atoms with E-state index in [-0.39, 0.29) is 33.8 Å². The molecule has 0 aliphatic carbocycles. The van der Waals surface area contributed by atoms with Crippen molar-refractivity contribution in [2.45, 2.75) is 20.3 Å². The minimum atomic E-state index is -0.742. The molecule has 0 fully saturated rings. The Labute approximate surface area is 133 Å². The first-order chi connectivity index (χ1) is 9.81. The quantitative estimate of drug-likeness (QED) is 0.619. The molecular weight excluding hydrogens is 315 g/mol. The topological polar surface area (TPSA) is 81.4 Å². The lowest BCUT2D eigenvalue weighted by atomic mass is 10.1. The van der Waals surface area contributed by atoms with Gasteiger partial charge < -0.3 is 15.8 Å². The Kier molecular flexibility index (Phi) is 6.78. The summed E-state index contributed by atoms with van der Waals surface area (Å²) in [6.45, 7) is 4.27. The van der Waals surface area contributed by atoms with Crippen LogP contribution in [-0.2, 0) is 9.53 Å². The highest BCUT2D eigenvalue weighted by Gasteiger charge is 2.16. The third-order valence-corrected chi connectivity index (χ3v) is 3.45. The second-order valence-electron chi connectivity index (χ2n) is 4.97. The zero-order chi connectivity index (χ0) is 16.0. The number of amides is 1. The van der Waals surface area contributed by atoms with E-state index in [9.17, 15) is 9.59 Å². The van der Waals surface area contributed by atoms with E-state index >= 15 is 0 Å². The second-order valence-corrected chi connectivity index (χ2v) is 5.76. The van der Waals surface area contributed by atoms with Crippen LogP contribution in [0.4, 0.5) is 5.69 Å². The number of hydrogen-bond acceptors (Lipinski definition) is 4. The molecule has 0 saturated carbocycles. The highest BCUT2D eigenvalue weighted by atomic mass is 35.5. The largest absolute Gasteiger partial charge is 0.452 e. The Hall–Kier alpha value is -1.46. The molecule has 0 unspecified atom stereocenters. The molecule has 116 valence electrons. The van der Waals surface area contributed by atoms with Crippen LogP contribution in [0.5, 0.6) is 0 Å². The van der Waals surface area contributed by atoms with Crippen LogP contribution < -0.4 is 11.1 Å². The normalized spacial score (nSPS) is 10.5. The van der Waals surface area contributed by atoms with Crippen LogP contribution >= 0.6 is 23.2 Å². The summed E-state index contributed by atoms with van der Waals surface area (Å²) < 4.78 is 4.89. The predicted molar refractivity (Wildman–Crippen MR) is 83.6 cm³/mol. The number of nitrogens with two attached hydrogens (primary N) is 1. The second kappa shape index (κ2) is 8.10. The minimum absolute atomic E-state index is 0.0386. The molecule has 1 aromatic carbocycles. The van der Waals surface area contributed by atoms with Gasteiger partial charge in [0.15, 0.2) is 6.61 Å². The molecule has 5 nitrogen and oxygen atoms in total. The van der Waals surface area contributed by atoms with Crippen molar-refractivity contribution in [2.75, 3.05) is 18.9 Å². The van der Waals surface area contributed by atoms with E-state index < -0.39 is 5.97 Å². The van der Waals surface area contributed by atoms with Gasteiger partial charge in [-0.05, 0) is 24.5 Å². The first-order valence-corrected chi connectivity index (χ1v) is 7.25. The van der Waals surface area contributed by atoms with Gasteiger partial charge in [-0.3, -0.25) is 4.79 Å². The lowest BCUT2D eigenvalue weighted by molar-refractivity contribution is -0.124. The average molecular weight is 333 g/mol. The van der Waals surface area contributed by atoms with E-state index in [1.165, 1.54) is 12.1 Å². The molecule has 0 aliphatic heterocycles. The highest BCUT2D eigenvalue weighted by molar-refractivity contribution is 6.44. The molecule has 0 heterocycles. The van der Waals surface area contributed by atoms with Gasteiger partial charge in [0.25, 0.3) is 5.91 Å². The van der Waals surface area contributed by atoms with Crippen LogP contribution in [-0.4, -0.2) is 25.0 Å².